The number of hydrogen-bond donors (Lipinski definition) is 2. The second-order valence-electron chi connectivity index (χ2n) is 4.91. The molecule has 0 aromatic heterocycles. The molecule has 1 saturated heterocycles. The van der Waals surface area contributed by atoms with Crippen LogP contribution >= 0.6 is 0 Å². The molecule has 0 radical (unpaired) electrons. The summed E-state index contributed by atoms with van der Waals surface area (Å²) in [7, 11) is 0. The van der Waals surface area contributed by atoms with Gasteiger partial charge in [0.2, 0.25) is 0 Å². The van der Waals surface area contributed by atoms with Gasteiger partial charge >= 0.3 is 0 Å². The van der Waals surface area contributed by atoms with Gasteiger partial charge in [-0.05, 0) is 37.5 Å². The number of ether oxygens (including phenoxy) is 3. The Hall–Kier alpha value is -1.63. The van der Waals surface area contributed by atoms with E-state index in [0.717, 1.165) is 19.4 Å². The highest BCUT2D eigenvalue weighted by Gasteiger charge is 2.13. The van der Waals surface area contributed by atoms with Gasteiger partial charge in [0.1, 0.15) is 12.4 Å². The SMILES string of the molecule is NNC(=O)c1cccc(OCCOCC2CCCCO2)c1. The number of hydrogen-bond acceptors (Lipinski definition) is 5. The van der Waals surface area contributed by atoms with Crippen LogP contribution in [0.5, 0.6) is 5.75 Å². The Morgan fingerprint density at radius 2 is 2.29 bits per heavy atom. The molecular formula is C15H22N2O4. The maximum atomic E-state index is 11.4. The summed E-state index contributed by atoms with van der Waals surface area (Å²) in [6, 6.07) is 6.85. The Balaban J connectivity index is 1.65. The average Bonchev–Trinajstić information content (AvgIpc) is 2.55. The number of nitrogen functional groups attached to an aromatic ring is 1. The lowest BCUT2D eigenvalue weighted by Crippen LogP contribution is -2.29. The summed E-state index contributed by atoms with van der Waals surface area (Å²) in [4.78, 5) is 11.4. The van der Waals surface area contributed by atoms with E-state index in [1.54, 1.807) is 24.3 Å². The topological polar surface area (TPSA) is 82.8 Å². The molecule has 1 aliphatic rings. The van der Waals surface area contributed by atoms with Crippen LogP contribution in [0.3, 0.4) is 0 Å². The minimum atomic E-state index is -0.342. The molecule has 0 saturated carbocycles. The fourth-order valence-corrected chi connectivity index (χ4v) is 2.18. The third-order valence-electron chi connectivity index (χ3n) is 3.30. The summed E-state index contributed by atoms with van der Waals surface area (Å²) in [6.07, 6.45) is 3.64. The predicted molar refractivity (Wildman–Crippen MR) is 78.0 cm³/mol. The van der Waals surface area contributed by atoms with Crippen molar-refractivity contribution in [3.05, 3.63) is 29.8 Å². The molecule has 1 fully saturated rings. The van der Waals surface area contributed by atoms with Crippen LogP contribution in [-0.4, -0.2) is 38.4 Å². The van der Waals surface area contributed by atoms with Crippen molar-refractivity contribution < 1.29 is 19.0 Å². The Labute approximate surface area is 124 Å². The highest BCUT2D eigenvalue weighted by molar-refractivity contribution is 5.94. The van der Waals surface area contributed by atoms with E-state index in [1.165, 1.54) is 6.42 Å². The Morgan fingerprint density at radius 1 is 1.38 bits per heavy atom. The number of benzene rings is 1. The highest BCUT2D eigenvalue weighted by atomic mass is 16.5. The first-order chi connectivity index (χ1) is 10.3. The molecule has 6 heteroatoms. The summed E-state index contributed by atoms with van der Waals surface area (Å²) < 4.78 is 16.7. The van der Waals surface area contributed by atoms with Crippen LogP contribution in [-0.2, 0) is 9.47 Å². The zero-order valence-corrected chi connectivity index (χ0v) is 12.0. The van der Waals surface area contributed by atoms with Crippen molar-refractivity contribution in [3.8, 4) is 5.75 Å². The lowest BCUT2D eigenvalue weighted by atomic mass is 10.1. The molecule has 1 aliphatic heterocycles. The lowest BCUT2D eigenvalue weighted by Gasteiger charge is -2.22. The van der Waals surface area contributed by atoms with Gasteiger partial charge in [0.25, 0.3) is 5.91 Å². The van der Waals surface area contributed by atoms with Crippen molar-refractivity contribution in [2.45, 2.75) is 25.4 Å². The number of carbonyl (C=O) groups excluding carboxylic acids is 1. The molecule has 2 rings (SSSR count). The van der Waals surface area contributed by atoms with Gasteiger partial charge in [0.15, 0.2) is 0 Å². The fraction of sp³-hybridized carbons (Fsp3) is 0.533. The second kappa shape index (κ2) is 8.61. The van der Waals surface area contributed by atoms with E-state index in [0.29, 0.717) is 31.1 Å². The zero-order chi connectivity index (χ0) is 14.9. The van der Waals surface area contributed by atoms with Crippen molar-refractivity contribution in [3.63, 3.8) is 0 Å². The summed E-state index contributed by atoms with van der Waals surface area (Å²) in [5.41, 5.74) is 2.55. The maximum Gasteiger partial charge on any atom is 0.265 e. The van der Waals surface area contributed by atoms with Gasteiger partial charge in [0.05, 0.1) is 19.3 Å². The van der Waals surface area contributed by atoms with Crippen LogP contribution in [0.25, 0.3) is 0 Å². The van der Waals surface area contributed by atoms with Crippen molar-refractivity contribution in [2.75, 3.05) is 26.4 Å². The van der Waals surface area contributed by atoms with Crippen LogP contribution in [0.2, 0.25) is 0 Å². The summed E-state index contributed by atoms with van der Waals surface area (Å²) in [6.45, 7) is 2.37. The van der Waals surface area contributed by atoms with Gasteiger partial charge in [-0.25, -0.2) is 5.84 Å². The van der Waals surface area contributed by atoms with Crippen LogP contribution < -0.4 is 16.0 Å². The summed E-state index contributed by atoms with van der Waals surface area (Å²) in [5, 5.41) is 0. The molecule has 1 heterocycles. The molecule has 116 valence electrons. The predicted octanol–water partition coefficient (Wildman–Crippen LogP) is 1.25. The third-order valence-corrected chi connectivity index (χ3v) is 3.30. The van der Waals surface area contributed by atoms with E-state index in [4.69, 9.17) is 20.1 Å². The standard InChI is InChI=1S/C15H22N2O4/c16-17-15(18)12-4-3-6-13(10-12)21-9-8-19-11-14-5-1-2-7-20-14/h3-4,6,10,14H,1-2,5,7-9,11,16H2,(H,17,18). The minimum absolute atomic E-state index is 0.218. The fourth-order valence-electron chi connectivity index (χ4n) is 2.18. The highest BCUT2D eigenvalue weighted by Crippen LogP contribution is 2.14. The Bertz CT molecular complexity index is 447. The van der Waals surface area contributed by atoms with Crippen molar-refractivity contribution in [1.82, 2.24) is 5.43 Å². The molecular weight excluding hydrogens is 272 g/mol. The molecule has 1 amide bonds. The number of nitrogens with two attached hydrogens (primary N) is 1. The molecule has 21 heavy (non-hydrogen) atoms. The first-order valence-electron chi connectivity index (χ1n) is 7.23. The van der Waals surface area contributed by atoms with Gasteiger partial charge < -0.3 is 14.2 Å². The Kier molecular flexibility index (Phi) is 6.46. The van der Waals surface area contributed by atoms with E-state index >= 15 is 0 Å². The summed E-state index contributed by atoms with van der Waals surface area (Å²) >= 11 is 0. The first kappa shape index (κ1) is 15.8. The van der Waals surface area contributed by atoms with E-state index in [-0.39, 0.29) is 12.0 Å². The van der Waals surface area contributed by atoms with Crippen LogP contribution in [0, 0.1) is 0 Å². The second-order valence-corrected chi connectivity index (χ2v) is 4.91. The molecule has 1 aromatic carbocycles. The molecule has 1 unspecified atom stereocenters. The molecule has 1 atom stereocenters. The average molecular weight is 294 g/mol. The number of nitrogens with one attached hydrogen (secondary N) is 1. The van der Waals surface area contributed by atoms with E-state index in [1.807, 2.05) is 0 Å². The molecule has 6 nitrogen and oxygen atoms in total. The quantitative estimate of drug-likeness (QED) is 0.342. The molecule has 0 bridgehead atoms. The monoisotopic (exact) mass is 294 g/mol. The van der Waals surface area contributed by atoms with Crippen LogP contribution in [0.15, 0.2) is 24.3 Å². The molecule has 0 spiro atoms. The van der Waals surface area contributed by atoms with E-state index in [2.05, 4.69) is 5.43 Å². The van der Waals surface area contributed by atoms with Gasteiger partial charge in [-0.3, -0.25) is 10.2 Å². The van der Waals surface area contributed by atoms with Crippen molar-refractivity contribution in [1.29, 1.82) is 0 Å². The van der Waals surface area contributed by atoms with E-state index < -0.39 is 0 Å². The van der Waals surface area contributed by atoms with Gasteiger partial charge in [-0.15, -0.1) is 0 Å². The van der Waals surface area contributed by atoms with Gasteiger partial charge in [-0.1, -0.05) is 6.07 Å². The van der Waals surface area contributed by atoms with Gasteiger partial charge in [-0.2, -0.15) is 0 Å². The number of carbonyl (C=O) groups is 1. The van der Waals surface area contributed by atoms with E-state index in [9.17, 15) is 4.79 Å². The first-order valence-corrected chi connectivity index (χ1v) is 7.23. The van der Waals surface area contributed by atoms with Crippen LogP contribution in [0.4, 0.5) is 0 Å². The third kappa shape index (κ3) is 5.34. The summed E-state index contributed by atoms with van der Waals surface area (Å²) in [5.74, 6) is 5.37. The largest absolute Gasteiger partial charge is 0.491 e. The van der Waals surface area contributed by atoms with Gasteiger partial charge in [0, 0.05) is 12.2 Å². The normalized spacial score (nSPS) is 18.2. The zero-order valence-electron chi connectivity index (χ0n) is 12.0. The smallest absolute Gasteiger partial charge is 0.265 e. The number of amides is 1. The van der Waals surface area contributed by atoms with Crippen LogP contribution in [0.1, 0.15) is 29.6 Å². The maximum absolute atomic E-state index is 11.4. The van der Waals surface area contributed by atoms with Crippen molar-refractivity contribution >= 4 is 5.91 Å². The Morgan fingerprint density at radius 3 is 3.05 bits per heavy atom. The molecule has 0 aliphatic carbocycles. The minimum Gasteiger partial charge on any atom is -0.491 e. The molecule has 3 N–H and O–H groups in total. The molecule has 1 aromatic rings. The number of rotatable bonds is 7. The number of hydrazine groups is 1. The lowest BCUT2D eigenvalue weighted by molar-refractivity contribution is -0.0444. The van der Waals surface area contributed by atoms with Crippen molar-refractivity contribution in [2.24, 2.45) is 5.84 Å².